The predicted molar refractivity (Wildman–Crippen MR) is 76.3 cm³/mol. The Kier molecular flexibility index (Phi) is 4.24. The third-order valence-electron chi connectivity index (χ3n) is 4.27. The average Bonchev–Trinajstić information content (AvgIpc) is 3.18. The van der Waals surface area contributed by atoms with Crippen LogP contribution in [-0.4, -0.2) is 41.9 Å². The first-order valence-corrected chi connectivity index (χ1v) is 7.57. The molecule has 2 N–H and O–H groups in total. The summed E-state index contributed by atoms with van der Waals surface area (Å²) < 4.78 is 5.39. The van der Waals surface area contributed by atoms with Gasteiger partial charge in [-0.1, -0.05) is 12.8 Å². The Morgan fingerprint density at radius 1 is 1.38 bits per heavy atom. The molecule has 0 spiro atoms. The Hall–Kier alpha value is -1.82. The lowest BCUT2D eigenvalue weighted by Crippen LogP contribution is -2.59. The molecule has 1 aliphatic carbocycles. The fourth-order valence-electron chi connectivity index (χ4n) is 3.11. The minimum atomic E-state index is -0.335. The molecule has 0 radical (unpaired) electrons. The highest BCUT2D eigenvalue weighted by molar-refractivity contribution is 5.87. The van der Waals surface area contributed by atoms with E-state index in [1.165, 1.54) is 12.8 Å². The highest BCUT2D eigenvalue weighted by Crippen LogP contribution is 2.25. The predicted octanol–water partition coefficient (Wildman–Crippen LogP) is 0.639. The van der Waals surface area contributed by atoms with Crippen molar-refractivity contribution in [2.75, 3.05) is 13.1 Å². The van der Waals surface area contributed by atoms with E-state index in [1.807, 2.05) is 17.0 Å². The Labute approximate surface area is 123 Å². The smallest absolute Gasteiger partial charge is 0.242 e. The standard InChI is InChI=1S/C15H21N3O3/c19-14-9-16-13(8-17-14)15(20)18(11-4-1-2-5-11)10-12-6-3-7-21-12/h3,6-7,11,13,16H,1-2,4-5,8-10H2,(H,17,19). The van der Waals surface area contributed by atoms with Gasteiger partial charge in [-0.25, -0.2) is 0 Å². The van der Waals surface area contributed by atoms with Gasteiger partial charge in [-0.3, -0.25) is 14.9 Å². The van der Waals surface area contributed by atoms with E-state index >= 15 is 0 Å². The van der Waals surface area contributed by atoms with Gasteiger partial charge >= 0.3 is 0 Å². The SMILES string of the molecule is O=C1CNC(C(=O)N(Cc2ccco2)C2CCCC2)CN1. The number of nitrogens with zero attached hydrogens (tertiary/aromatic N) is 1. The Balaban J connectivity index is 1.70. The zero-order valence-corrected chi connectivity index (χ0v) is 12.0. The maximum atomic E-state index is 12.8. The zero-order chi connectivity index (χ0) is 14.7. The summed E-state index contributed by atoms with van der Waals surface area (Å²) in [7, 11) is 0. The first-order chi connectivity index (χ1) is 10.2. The lowest BCUT2D eigenvalue weighted by Gasteiger charge is -2.33. The molecule has 2 fully saturated rings. The highest BCUT2D eigenvalue weighted by Gasteiger charge is 2.33. The lowest BCUT2D eigenvalue weighted by atomic mass is 10.1. The number of nitrogens with one attached hydrogen (secondary N) is 2. The number of amides is 2. The van der Waals surface area contributed by atoms with Gasteiger partial charge in [0.15, 0.2) is 0 Å². The van der Waals surface area contributed by atoms with Crippen LogP contribution in [0.1, 0.15) is 31.4 Å². The second-order valence-electron chi connectivity index (χ2n) is 5.72. The molecule has 0 aromatic carbocycles. The second kappa shape index (κ2) is 6.30. The van der Waals surface area contributed by atoms with Gasteiger partial charge in [-0.05, 0) is 25.0 Å². The van der Waals surface area contributed by atoms with E-state index in [-0.39, 0.29) is 30.4 Å². The topological polar surface area (TPSA) is 74.6 Å². The summed E-state index contributed by atoms with van der Waals surface area (Å²) in [6.45, 7) is 1.07. The van der Waals surface area contributed by atoms with Crippen molar-refractivity contribution in [3.63, 3.8) is 0 Å². The monoisotopic (exact) mass is 291 g/mol. The maximum absolute atomic E-state index is 12.8. The van der Waals surface area contributed by atoms with E-state index in [0.717, 1.165) is 18.6 Å². The molecule has 21 heavy (non-hydrogen) atoms. The van der Waals surface area contributed by atoms with Crippen molar-refractivity contribution in [1.29, 1.82) is 0 Å². The summed E-state index contributed by atoms with van der Waals surface area (Å²) in [5.41, 5.74) is 0. The van der Waals surface area contributed by atoms with Crippen molar-refractivity contribution >= 4 is 11.8 Å². The number of carbonyl (C=O) groups is 2. The third-order valence-corrected chi connectivity index (χ3v) is 4.27. The molecule has 2 heterocycles. The first-order valence-electron chi connectivity index (χ1n) is 7.57. The number of rotatable bonds is 4. The van der Waals surface area contributed by atoms with Gasteiger partial charge in [0, 0.05) is 12.6 Å². The van der Waals surface area contributed by atoms with Gasteiger partial charge in [-0.2, -0.15) is 0 Å². The third kappa shape index (κ3) is 3.26. The molecule has 6 nitrogen and oxygen atoms in total. The van der Waals surface area contributed by atoms with Crippen LogP contribution in [0.2, 0.25) is 0 Å². The van der Waals surface area contributed by atoms with Gasteiger partial charge < -0.3 is 14.6 Å². The van der Waals surface area contributed by atoms with Crippen LogP contribution >= 0.6 is 0 Å². The van der Waals surface area contributed by atoms with Crippen LogP contribution in [0.4, 0.5) is 0 Å². The normalized spacial score (nSPS) is 23.0. The molecule has 2 aliphatic rings. The van der Waals surface area contributed by atoms with E-state index in [1.54, 1.807) is 6.26 Å². The van der Waals surface area contributed by atoms with Gasteiger partial charge in [-0.15, -0.1) is 0 Å². The van der Waals surface area contributed by atoms with Crippen LogP contribution in [0.25, 0.3) is 0 Å². The molecule has 1 unspecified atom stereocenters. The summed E-state index contributed by atoms with van der Waals surface area (Å²) in [4.78, 5) is 25.9. The van der Waals surface area contributed by atoms with Gasteiger partial charge in [0.2, 0.25) is 11.8 Å². The second-order valence-corrected chi connectivity index (χ2v) is 5.72. The maximum Gasteiger partial charge on any atom is 0.242 e. The van der Waals surface area contributed by atoms with Crippen LogP contribution in [0.3, 0.4) is 0 Å². The minimum Gasteiger partial charge on any atom is -0.467 e. The number of hydrogen-bond donors (Lipinski definition) is 2. The largest absolute Gasteiger partial charge is 0.467 e. The summed E-state index contributed by atoms with van der Waals surface area (Å²) in [6.07, 6.45) is 6.06. The van der Waals surface area contributed by atoms with E-state index in [9.17, 15) is 9.59 Å². The van der Waals surface area contributed by atoms with Crippen molar-refractivity contribution in [1.82, 2.24) is 15.5 Å². The first kappa shape index (κ1) is 14.1. The summed E-state index contributed by atoms with van der Waals surface area (Å²) in [5.74, 6) is 0.797. The minimum absolute atomic E-state index is 0.0540. The molecule has 114 valence electrons. The molecule has 3 rings (SSSR count). The van der Waals surface area contributed by atoms with Crippen LogP contribution in [0.15, 0.2) is 22.8 Å². The summed E-state index contributed by atoms with van der Waals surface area (Å²) in [6, 6.07) is 3.68. The molecule has 1 aromatic rings. The fraction of sp³-hybridized carbons (Fsp3) is 0.600. The highest BCUT2D eigenvalue weighted by atomic mass is 16.3. The summed E-state index contributed by atoms with van der Waals surface area (Å²) in [5, 5.41) is 5.76. The quantitative estimate of drug-likeness (QED) is 0.853. The fourth-order valence-corrected chi connectivity index (χ4v) is 3.11. The lowest BCUT2D eigenvalue weighted by molar-refractivity contribution is -0.138. The molecule has 1 saturated heterocycles. The molecular formula is C15H21N3O3. The number of carbonyl (C=O) groups excluding carboxylic acids is 2. The molecule has 2 amide bonds. The molecule has 1 saturated carbocycles. The Morgan fingerprint density at radius 3 is 2.81 bits per heavy atom. The van der Waals surface area contributed by atoms with Gasteiger partial charge in [0.25, 0.3) is 0 Å². The zero-order valence-electron chi connectivity index (χ0n) is 12.0. The van der Waals surface area contributed by atoms with E-state index in [4.69, 9.17) is 4.42 Å². The molecule has 0 bridgehead atoms. The molecule has 6 heteroatoms. The van der Waals surface area contributed by atoms with E-state index in [0.29, 0.717) is 13.1 Å². The molecular weight excluding hydrogens is 270 g/mol. The molecule has 1 atom stereocenters. The van der Waals surface area contributed by atoms with Crippen molar-refractivity contribution < 1.29 is 14.0 Å². The summed E-state index contributed by atoms with van der Waals surface area (Å²) >= 11 is 0. The van der Waals surface area contributed by atoms with Crippen molar-refractivity contribution in [2.45, 2.75) is 44.3 Å². The van der Waals surface area contributed by atoms with Gasteiger partial charge in [0.05, 0.1) is 19.4 Å². The van der Waals surface area contributed by atoms with E-state index < -0.39 is 0 Å². The van der Waals surface area contributed by atoms with Crippen molar-refractivity contribution in [3.05, 3.63) is 24.2 Å². The van der Waals surface area contributed by atoms with E-state index in [2.05, 4.69) is 10.6 Å². The van der Waals surface area contributed by atoms with Crippen molar-refractivity contribution in [3.8, 4) is 0 Å². The van der Waals surface area contributed by atoms with Crippen LogP contribution < -0.4 is 10.6 Å². The van der Waals surface area contributed by atoms with Crippen LogP contribution in [0, 0.1) is 0 Å². The molecule has 1 aromatic heterocycles. The van der Waals surface area contributed by atoms with Crippen LogP contribution in [-0.2, 0) is 16.1 Å². The average molecular weight is 291 g/mol. The number of hydrogen-bond acceptors (Lipinski definition) is 4. The van der Waals surface area contributed by atoms with Crippen LogP contribution in [0.5, 0.6) is 0 Å². The Bertz CT molecular complexity index is 484. The number of piperazine rings is 1. The van der Waals surface area contributed by atoms with Crippen molar-refractivity contribution in [2.24, 2.45) is 0 Å². The van der Waals surface area contributed by atoms with Gasteiger partial charge in [0.1, 0.15) is 11.8 Å². The Morgan fingerprint density at radius 2 is 2.19 bits per heavy atom. The molecule has 1 aliphatic heterocycles. The number of furan rings is 1.